The first-order valence-electron chi connectivity index (χ1n) is 37.8. The summed E-state index contributed by atoms with van der Waals surface area (Å²) < 4.78 is 102. The Hall–Kier alpha value is -17.2. The zero-order valence-electron chi connectivity index (χ0n) is 73.0. The fraction of sp³-hybridized carbons (Fsp3) is 0.341. The van der Waals surface area contributed by atoms with E-state index >= 15 is 0 Å². The van der Waals surface area contributed by atoms with Crippen molar-refractivity contribution in [3.05, 3.63) is 209 Å². The largest absolute Gasteiger partial charge is 0.466 e. The van der Waals surface area contributed by atoms with E-state index in [9.17, 15) is 95.9 Å². The molecule has 2 unspecified atom stereocenters. The van der Waals surface area contributed by atoms with Gasteiger partial charge >= 0.3 is 119 Å². The van der Waals surface area contributed by atoms with Gasteiger partial charge in [0.2, 0.25) is 0 Å². The van der Waals surface area contributed by atoms with Gasteiger partial charge in [-0.05, 0) is 6.42 Å². The van der Waals surface area contributed by atoms with Crippen molar-refractivity contribution in [3.8, 4) is 0 Å². The Morgan fingerprint density at radius 1 is 0.248 bits per heavy atom. The van der Waals surface area contributed by atoms with Crippen LogP contribution in [0.5, 0.6) is 0 Å². The molecular formula is C82H95N11O40. The molecule has 0 aliphatic rings. The van der Waals surface area contributed by atoms with Gasteiger partial charge in [-0.1, -0.05) is 5.21 Å². The highest BCUT2D eigenvalue weighted by Crippen LogP contribution is 2.13. The van der Waals surface area contributed by atoms with E-state index in [4.69, 9.17) is 47.4 Å². The number of nitrogens with zero attached hydrogens (tertiary/aromatic N) is 11. The number of hydrogen-bond donors (Lipinski definition) is 0. The van der Waals surface area contributed by atoms with E-state index in [0.29, 0.717) is 19.5 Å². The van der Waals surface area contributed by atoms with Gasteiger partial charge in [0.15, 0.2) is 12.2 Å². The Kier molecular flexibility index (Phi) is 59.8. The van der Waals surface area contributed by atoms with E-state index < -0.39 is 138 Å². The van der Waals surface area contributed by atoms with Crippen LogP contribution in [0.1, 0.15) is 12.5 Å². The van der Waals surface area contributed by atoms with Gasteiger partial charge in [0.1, 0.15) is 32.5 Å². The average Bonchev–Trinajstić information content (AvgIpc) is 1.78. The highest BCUT2D eigenvalue weighted by atomic mass is 16.6. The predicted molar refractivity (Wildman–Crippen MR) is 439 cm³/mol. The van der Waals surface area contributed by atoms with Gasteiger partial charge in [-0.25, -0.2) is 121 Å². The Morgan fingerprint density at radius 3 is 0.767 bits per heavy atom. The van der Waals surface area contributed by atoms with Gasteiger partial charge in [0, 0.05) is 202 Å². The van der Waals surface area contributed by atoms with Gasteiger partial charge in [-0.2, -0.15) is 0 Å². The summed E-state index contributed by atoms with van der Waals surface area (Å²) in [6, 6.07) is -0.552. The maximum absolute atomic E-state index is 11.7. The maximum atomic E-state index is 11.7. The number of carbonyl (C=O) groups excluding carboxylic acids is 20. The van der Waals surface area contributed by atoms with Crippen LogP contribution >= 0.6 is 0 Å². The lowest BCUT2D eigenvalue weighted by Gasteiger charge is -2.17. The van der Waals surface area contributed by atoms with Crippen molar-refractivity contribution in [1.82, 2.24) is 53.2 Å². The fourth-order valence-electron chi connectivity index (χ4n) is 8.27. The number of ether oxygens (including phenoxy) is 20. The van der Waals surface area contributed by atoms with Crippen LogP contribution in [-0.4, -0.2) is 309 Å². The molecule has 0 bridgehead atoms. The minimum atomic E-state index is -0.915. The first-order chi connectivity index (χ1) is 63.7. The maximum Gasteiger partial charge on any atom is 0.331 e. The molecule has 0 saturated carbocycles. The van der Waals surface area contributed by atoms with Crippen molar-refractivity contribution in [2.24, 2.45) is 11.8 Å². The number of hydrogen-bond acceptors (Lipinski definition) is 46. The second-order valence-electron chi connectivity index (χ2n) is 24.4. The van der Waals surface area contributed by atoms with Crippen LogP contribution in [0.4, 0.5) is 0 Å². The lowest BCUT2D eigenvalue weighted by Crippen LogP contribution is -2.29. The Bertz CT molecular complexity index is 4580. The van der Waals surface area contributed by atoms with Crippen LogP contribution in [0.15, 0.2) is 209 Å². The van der Waals surface area contributed by atoms with Crippen molar-refractivity contribution in [2.75, 3.05) is 124 Å². The predicted octanol–water partition coefficient (Wildman–Crippen LogP) is -0.565. The van der Waals surface area contributed by atoms with Gasteiger partial charge in [-0.3, -0.25) is 0 Å². The number of rotatable bonds is 48. The van der Waals surface area contributed by atoms with Crippen LogP contribution in [0.25, 0.3) is 0 Å². The summed E-state index contributed by atoms with van der Waals surface area (Å²) in [7, 11) is 11.7. The number of aromatic nitrogens is 11. The molecule has 51 heteroatoms. The number of carbonyl (C=O) groups is 20. The summed E-state index contributed by atoms with van der Waals surface area (Å²) in [4.78, 5) is 241. The van der Waals surface area contributed by atoms with Crippen molar-refractivity contribution in [3.63, 3.8) is 0 Å². The molecule has 0 amide bonds. The second-order valence-corrected chi connectivity index (χ2v) is 24.4. The van der Waals surface area contributed by atoms with Crippen LogP contribution in [0.2, 0.25) is 0 Å². The van der Waals surface area contributed by atoms with Crippen LogP contribution in [0.3, 0.4) is 0 Å². The average molecular weight is 1870 g/mol. The lowest BCUT2D eigenvalue weighted by molar-refractivity contribution is -0.153. The number of imidazole rings is 4. The van der Waals surface area contributed by atoms with Crippen molar-refractivity contribution in [2.45, 2.75) is 50.8 Å². The molecule has 0 aliphatic heterocycles. The standard InChI is InChI=1S/C18H22N2O8.C17H20N2O8.2C16H18N2O8.C15H17N3O8/c1-25-15(21)3-5-17(23)27-11-14(7-9-20-10-8-19-13-20)12-28-18(24)6-4-16(22)26-2;1-24-14(20)3-5-16(22)26-10-13(9-19-8-7-18-12-19)11-27-17(23)6-4-15(21)25-2;1-23-13(19)3-5-15(21)25-9-12(18-8-7-17-11-18)10-26-16(22)6-4-14(20)24-2;1-23-13(19)3-5-15(21)25-10-12(9-18-8-7-17-11-18)26-16(22)6-4-14(20)24-2;1-23-12(19)3-5-14(21)25-10-11(9-18-8-7-16-17-18)26-15(22)6-4-13(20)24-2/h3-6,8,10,13-14H,7,9,11-12H2,1-2H3;3-8,12-13H,9-11H2,1-2H3;2*3-8,11-12H,9-10H2,1-2H3;3-8,11H,9-10H2,1-2H3/b5*5-3+,6-4+. The highest BCUT2D eigenvalue weighted by molar-refractivity contribution is 5.97. The van der Waals surface area contributed by atoms with Crippen molar-refractivity contribution in [1.29, 1.82) is 0 Å². The molecule has 5 aromatic rings. The molecule has 5 aromatic heterocycles. The van der Waals surface area contributed by atoms with Crippen LogP contribution in [0, 0.1) is 11.8 Å². The third-order valence-corrected chi connectivity index (χ3v) is 14.8. The molecule has 0 aromatic carbocycles. The summed E-state index contributed by atoms with van der Waals surface area (Å²) in [5.74, 6) is -15.5. The SMILES string of the molecule is COC(=O)/C=C/C(=O)OCC(CCn1ccnc1)COC(=O)/C=C/C(=O)OC.COC(=O)/C=C/C(=O)OCC(COC(=O)/C=C/C(=O)OC)Cn1ccnc1.COC(=O)/C=C/C(=O)OCC(COC(=O)/C=C/C(=O)OC)n1ccnc1.COC(=O)/C=C/C(=O)OCC(Cn1ccnc1)OC(=O)/C=C/C(=O)OC.COC(=O)/C=C/C(=O)OCC(Cn1ccnn1)OC(=O)/C=C/C(=O)OC. The van der Waals surface area contributed by atoms with Gasteiger partial charge in [0.05, 0.1) is 142 Å². The molecule has 5 heterocycles. The summed E-state index contributed by atoms with van der Waals surface area (Å²) >= 11 is 0. The van der Waals surface area contributed by atoms with Crippen molar-refractivity contribution >= 4 is 119 Å². The first-order valence-corrected chi connectivity index (χ1v) is 37.8. The molecule has 5 rings (SSSR count). The van der Waals surface area contributed by atoms with Gasteiger partial charge in [0.25, 0.3) is 0 Å². The summed E-state index contributed by atoms with van der Waals surface area (Å²) in [6.45, 7) is 0.0359. The molecule has 2 atom stereocenters. The lowest BCUT2D eigenvalue weighted by atomic mass is 10.1. The summed E-state index contributed by atoms with van der Waals surface area (Å²) in [5, 5.41) is 7.32. The molecule has 0 spiro atoms. The molecule has 51 nitrogen and oxygen atoms in total. The number of aryl methyl sites for hydroxylation is 1. The number of methoxy groups -OCH3 is 10. The van der Waals surface area contributed by atoms with E-state index in [1.165, 1.54) is 99.0 Å². The molecular weight excluding hydrogens is 1780 g/mol. The van der Waals surface area contributed by atoms with Crippen LogP contribution in [-0.2, 0) is 217 Å². The molecule has 0 N–H and O–H groups in total. The Balaban J connectivity index is 0.000000831. The third kappa shape index (κ3) is 59.4. The van der Waals surface area contributed by atoms with Crippen LogP contribution < -0.4 is 0 Å². The van der Waals surface area contributed by atoms with E-state index in [2.05, 4.69) is 77.6 Å². The molecule has 0 aliphatic carbocycles. The quantitative estimate of drug-likeness (QED) is 0.0267. The molecule has 718 valence electrons. The summed E-state index contributed by atoms with van der Waals surface area (Å²) in [6.07, 6.45) is 39.1. The summed E-state index contributed by atoms with van der Waals surface area (Å²) in [5.41, 5.74) is 0. The minimum absolute atomic E-state index is 0.0347. The van der Waals surface area contributed by atoms with Crippen molar-refractivity contribution < 1.29 is 191 Å². The van der Waals surface area contributed by atoms with E-state index in [1.807, 2.05) is 4.57 Å². The number of esters is 20. The Labute approximate surface area is 755 Å². The smallest absolute Gasteiger partial charge is 0.331 e. The Morgan fingerprint density at radius 2 is 0.496 bits per heavy atom. The zero-order chi connectivity index (χ0) is 98.9. The molecule has 0 radical (unpaired) electrons. The van der Waals surface area contributed by atoms with E-state index in [1.54, 1.807) is 63.5 Å². The third-order valence-electron chi connectivity index (χ3n) is 14.8. The van der Waals surface area contributed by atoms with E-state index in [0.717, 1.165) is 136 Å². The fourth-order valence-corrected chi connectivity index (χ4v) is 8.27. The monoisotopic (exact) mass is 1870 g/mol. The second kappa shape index (κ2) is 69.9. The zero-order valence-corrected chi connectivity index (χ0v) is 73.0. The molecule has 0 saturated heterocycles. The highest BCUT2D eigenvalue weighted by Gasteiger charge is 2.22. The minimum Gasteiger partial charge on any atom is -0.466 e. The van der Waals surface area contributed by atoms with E-state index in [-0.39, 0.29) is 77.8 Å². The topological polar surface area (TPSA) is 628 Å². The van der Waals surface area contributed by atoms with Gasteiger partial charge in [-0.15, -0.1) is 5.10 Å². The molecule has 133 heavy (non-hydrogen) atoms. The van der Waals surface area contributed by atoms with Gasteiger partial charge < -0.3 is 113 Å². The normalized spacial score (nSPS) is 11.3. The first kappa shape index (κ1) is 114. The molecule has 0 fully saturated rings.